The van der Waals surface area contributed by atoms with E-state index in [1.807, 2.05) is 30.3 Å². The molecule has 4 heteroatoms. The van der Waals surface area contributed by atoms with Crippen LogP contribution in [-0.2, 0) is 6.54 Å². The molecule has 0 saturated heterocycles. The summed E-state index contributed by atoms with van der Waals surface area (Å²) < 4.78 is 14.0. The van der Waals surface area contributed by atoms with Gasteiger partial charge in [-0.2, -0.15) is 0 Å². The molecule has 2 nitrogen and oxygen atoms in total. The molecule has 0 atom stereocenters. The van der Waals surface area contributed by atoms with Crippen LogP contribution >= 0.6 is 15.9 Å². The van der Waals surface area contributed by atoms with Crippen LogP contribution in [0.2, 0.25) is 0 Å². The number of carbonyl (C=O) groups excluding carboxylic acids is 1. The van der Waals surface area contributed by atoms with E-state index in [0.717, 1.165) is 16.3 Å². The van der Waals surface area contributed by atoms with Crippen LogP contribution in [0, 0.1) is 5.82 Å². The molecule has 0 unspecified atom stereocenters. The first-order chi connectivity index (χ1) is 11.0. The first-order valence-electron chi connectivity index (χ1n) is 7.23. The molecule has 0 radical (unpaired) electrons. The molecule has 0 aliphatic rings. The van der Waals surface area contributed by atoms with E-state index in [9.17, 15) is 9.18 Å². The Balaban J connectivity index is 1.83. The minimum Gasteiger partial charge on any atom is -0.337 e. The molecule has 0 spiro atoms. The number of hydrogen-bond donors (Lipinski definition) is 0. The largest absolute Gasteiger partial charge is 0.337 e. The van der Waals surface area contributed by atoms with Gasteiger partial charge < -0.3 is 4.90 Å². The van der Waals surface area contributed by atoms with Crippen molar-refractivity contribution < 1.29 is 9.18 Å². The normalized spacial score (nSPS) is 10.7. The van der Waals surface area contributed by atoms with E-state index in [0.29, 0.717) is 16.6 Å². The molecule has 0 aliphatic carbocycles. The van der Waals surface area contributed by atoms with Crippen molar-refractivity contribution >= 4 is 32.6 Å². The average molecular weight is 372 g/mol. The highest BCUT2D eigenvalue weighted by Gasteiger charge is 2.16. The SMILES string of the molecule is CN(Cc1ccc2ccccc2c1)C(=O)c1cc(F)ccc1Br. The standard InChI is InChI=1S/C19H15BrFNO/c1-22(19(23)17-11-16(21)8-9-18(17)20)12-13-6-7-14-4-2-3-5-15(14)10-13/h2-11H,12H2,1H3. The second-order valence-electron chi connectivity index (χ2n) is 5.47. The molecule has 1 amide bonds. The molecule has 0 N–H and O–H groups in total. The molecule has 3 aromatic rings. The number of carbonyl (C=O) groups is 1. The van der Waals surface area contributed by atoms with Crippen molar-refractivity contribution in [3.05, 3.63) is 82.1 Å². The maximum Gasteiger partial charge on any atom is 0.255 e. The first kappa shape index (κ1) is 15.7. The van der Waals surface area contributed by atoms with Gasteiger partial charge in [-0.25, -0.2) is 4.39 Å². The number of amides is 1. The Bertz CT molecular complexity index is 878. The van der Waals surface area contributed by atoms with Crippen molar-refractivity contribution in [3.8, 4) is 0 Å². The molecule has 0 aromatic heterocycles. The minimum absolute atomic E-state index is 0.218. The molecule has 116 valence electrons. The van der Waals surface area contributed by atoms with Crippen LogP contribution in [0.25, 0.3) is 10.8 Å². The number of halogens is 2. The summed E-state index contributed by atoms with van der Waals surface area (Å²) in [5, 5.41) is 2.30. The van der Waals surface area contributed by atoms with Crippen LogP contribution < -0.4 is 0 Å². The summed E-state index contributed by atoms with van der Waals surface area (Å²) in [7, 11) is 1.72. The second kappa shape index (κ2) is 6.50. The van der Waals surface area contributed by atoms with Crippen molar-refractivity contribution in [2.45, 2.75) is 6.54 Å². The van der Waals surface area contributed by atoms with Gasteiger partial charge in [0.05, 0.1) is 5.56 Å². The van der Waals surface area contributed by atoms with Gasteiger partial charge in [-0.1, -0.05) is 36.4 Å². The maximum atomic E-state index is 13.4. The molecule has 0 bridgehead atoms. The van der Waals surface area contributed by atoms with Gasteiger partial charge >= 0.3 is 0 Å². The number of hydrogen-bond acceptors (Lipinski definition) is 1. The number of rotatable bonds is 3. The number of fused-ring (bicyclic) bond motifs is 1. The Morgan fingerprint density at radius 3 is 2.57 bits per heavy atom. The van der Waals surface area contributed by atoms with E-state index < -0.39 is 5.82 Å². The number of nitrogens with zero attached hydrogens (tertiary/aromatic N) is 1. The molecule has 0 saturated carbocycles. The Labute approximate surface area is 142 Å². The Morgan fingerprint density at radius 1 is 1.04 bits per heavy atom. The average Bonchev–Trinajstić information content (AvgIpc) is 2.56. The van der Waals surface area contributed by atoms with Crippen LogP contribution in [0.1, 0.15) is 15.9 Å². The predicted molar refractivity (Wildman–Crippen MR) is 93.8 cm³/mol. The quantitative estimate of drug-likeness (QED) is 0.633. The summed E-state index contributed by atoms with van der Waals surface area (Å²) in [6.07, 6.45) is 0. The van der Waals surface area contributed by atoms with Gasteiger partial charge in [-0.05, 0) is 56.5 Å². The molecular formula is C19H15BrFNO. The second-order valence-corrected chi connectivity index (χ2v) is 6.32. The lowest BCUT2D eigenvalue weighted by Crippen LogP contribution is -2.26. The molecule has 0 heterocycles. The summed E-state index contributed by atoms with van der Waals surface area (Å²) in [4.78, 5) is 14.1. The summed E-state index contributed by atoms with van der Waals surface area (Å²) >= 11 is 3.30. The summed E-state index contributed by atoms with van der Waals surface area (Å²) in [6.45, 7) is 0.465. The molecule has 0 fully saturated rings. The minimum atomic E-state index is -0.421. The predicted octanol–water partition coefficient (Wildman–Crippen LogP) is 5.01. The lowest BCUT2D eigenvalue weighted by atomic mass is 10.1. The fraction of sp³-hybridized carbons (Fsp3) is 0.105. The highest BCUT2D eigenvalue weighted by atomic mass is 79.9. The Hall–Kier alpha value is -2.20. The lowest BCUT2D eigenvalue weighted by molar-refractivity contribution is 0.0783. The van der Waals surface area contributed by atoms with Crippen LogP contribution in [0.3, 0.4) is 0 Å². The van der Waals surface area contributed by atoms with Crippen LogP contribution in [0.4, 0.5) is 4.39 Å². The van der Waals surface area contributed by atoms with Crippen molar-refractivity contribution in [2.75, 3.05) is 7.05 Å². The van der Waals surface area contributed by atoms with Gasteiger partial charge in [0.2, 0.25) is 0 Å². The topological polar surface area (TPSA) is 20.3 Å². The van der Waals surface area contributed by atoms with Crippen molar-refractivity contribution in [3.63, 3.8) is 0 Å². The molecule has 3 aromatic carbocycles. The summed E-state index contributed by atoms with van der Waals surface area (Å²) in [5.74, 6) is -0.639. The van der Waals surface area contributed by atoms with Gasteiger partial charge in [0.15, 0.2) is 0 Å². The van der Waals surface area contributed by atoms with Crippen LogP contribution in [0.15, 0.2) is 65.1 Å². The van der Waals surface area contributed by atoms with Crippen molar-refractivity contribution in [1.82, 2.24) is 4.90 Å². The van der Waals surface area contributed by atoms with E-state index >= 15 is 0 Å². The zero-order chi connectivity index (χ0) is 16.4. The highest BCUT2D eigenvalue weighted by molar-refractivity contribution is 9.10. The van der Waals surface area contributed by atoms with Crippen LogP contribution in [-0.4, -0.2) is 17.9 Å². The third-order valence-electron chi connectivity index (χ3n) is 3.74. The zero-order valence-corrected chi connectivity index (χ0v) is 14.2. The van der Waals surface area contributed by atoms with Gasteiger partial charge in [-0.15, -0.1) is 0 Å². The lowest BCUT2D eigenvalue weighted by Gasteiger charge is -2.18. The van der Waals surface area contributed by atoms with Gasteiger partial charge in [0.1, 0.15) is 5.82 Å². The molecule has 23 heavy (non-hydrogen) atoms. The van der Waals surface area contributed by atoms with Gasteiger partial charge in [0, 0.05) is 18.1 Å². The van der Waals surface area contributed by atoms with E-state index in [4.69, 9.17) is 0 Å². The molecule has 3 rings (SSSR count). The third kappa shape index (κ3) is 3.42. The fourth-order valence-corrected chi connectivity index (χ4v) is 2.97. The highest BCUT2D eigenvalue weighted by Crippen LogP contribution is 2.21. The summed E-state index contributed by atoms with van der Waals surface area (Å²) in [5.41, 5.74) is 1.36. The third-order valence-corrected chi connectivity index (χ3v) is 4.43. The Kier molecular flexibility index (Phi) is 4.44. The number of benzene rings is 3. The van der Waals surface area contributed by atoms with Crippen molar-refractivity contribution in [2.24, 2.45) is 0 Å². The van der Waals surface area contributed by atoms with E-state index in [1.165, 1.54) is 12.1 Å². The maximum absolute atomic E-state index is 13.4. The van der Waals surface area contributed by atoms with E-state index in [2.05, 4.69) is 28.1 Å². The van der Waals surface area contributed by atoms with Gasteiger partial charge in [0.25, 0.3) is 5.91 Å². The monoisotopic (exact) mass is 371 g/mol. The van der Waals surface area contributed by atoms with E-state index in [1.54, 1.807) is 18.0 Å². The first-order valence-corrected chi connectivity index (χ1v) is 8.02. The molecular weight excluding hydrogens is 357 g/mol. The fourth-order valence-electron chi connectivity index (χ4n) is 2.55. The smallest absolute Gasteiger partial charge is 0.255 e. The molecule has 0 aliphatic heterocycles. The summed E-state index contributed by atoms with van der Waals surface area (Å²) in [6, 6.07) is 18.3. The van der Waals surface area contributed by atoms with E-state index in [-0.39, 0.29) is 5.91 Å². The zero-order valence-electron chi connectivity index (χ0n) is 12.6. The van der Waals surface area contributed by atoms with Gasteiger partial charge in [-0.3, -0.25) is 4.79 Å². The Morgan fingerprint density at radius 2 is 1.78 bits per heavy atom. The van der Waals surface area contributed by atoms with Crippen molar-refractivity contribution in [1.29, 1.82) is 0 Å². The van der Waals surface area contributed by atoms with Crippen LogP contribution in [0.5, 0.6) is 0 Å².